The number of amides is 2. The van der Waals surface area contributed by atoms with Crippen LogP contribution in [0.2, 0.25) is 0 Å². The van der Waals surface area contributed by atoms with Gasteiger partial charge in [0.25, 0.3) is 0 Å². The highest BCUT2D eigenvalue weighted by molar-refractivity contribution is 5.93. The van der Waals surface area contributed by atoms with Crippen molar-refractivity contribution >= 4 is 17.7 Å². The quantitative estimate of drug-likeness (QED) is 0.513. The molecular formula is C18H27ClN4O3. The summed E-state index contributed by atoms with van der Waals surface area (Å²) in [7, 11) is 0. The van der Waals surface area contributed by atoms with Gasteiger partial charge in [0.2, 0.25) is 6.54 Å². The average molecular weight is 383 g/mol. The van der Waals surface area contributed by atoms with Crippen molar-refractivity contribution in [3.05, 3.63) is 30.6 Å². The largest absolute Gasteiger partial charge is 1.00 e. The lowest BCUT2D eigenvalue weighted by Crippen LogP contribution is -3.00. The van der Waals surface area contributed by atoms with E-state index in [0.717, 1.165) is 31.4 Å². The summed E-state index contributed by atoms with van der Waals surface area (Å²) >= 11 is 0. The third-order valence-electron chi connectivity index (χ3n) is 3.70. The number of halogens is 1. The van der Waals surface area contributed by atoms with Gasteiger partial charge in [0, 0.05) is 12.1 Å². The average Bonchev–Trinajstić information content (AvgIpc) is 2.53. The van der Waals surface area contributed by atoms with E-state index < -0.39 is 11.7 Å². The summed E-state index contributed by atoms with van der Waals surface area (Å²) in [6.45, 7) is 5.67. The summed E-state index contributed by atoms with van der Waals surface area (Å²) in [6.07, 6.45) is 6.72. The second-order valence-electron chi connectivity index (χ2n) is 7.13. The Labute approximate surface area is 160 Å². The summed E-state index contributed by atoms with van der Waals surface area (Å²) in [5, 5.41) is 7.09. The lowest BCUT2D eigenvalue weighted by Gasteiger charge is -2.27. The van der Waals surface area contributed by atoms with Crippen LogP contribution in [0, 0.1) is 0 Å². The Balaban J connectivity index is 0.00000338. The van der Waals surface area contributed by atoms with Crippen molar-refractivity contribution in [2.45, 2.75) is 64.6 Å². The molecular weight excluding hydrogens is 356 g/mol. The standard InChI is InChI=1S/C18H26N4O3.ClH/c1-18(2,3)25-17(24)19-14-9-5-6-10-15(14)20-21-16(23)13-22-11-7-4-8-12-22;/h4,7-8,11-12,14H,5-6,9-10,13H2,1-3H3,(H-,19,21,23,24);1H/b20-15+;. The highest BCUT2D eigenvalue weighted by atomic mass is 35.5. The maximum Gasteiger partial charge on any atom is 0.408 e. The van der Waals surface area contributed by atoms with Crippen LogP contribution in [-0.2, 0) is 16.1 Å². The molecule has 1 aliphatic carbocycles. The Morgan fingerprint density at radius 3 is 2.58 bits per heavy atom. The fraction of sp³-hybridized carbons (Fsp3) is 0.556. The maximum absolute atomic E-state index is 12.0. The number of hydrogen-bond acceptors (Lipinski definition) is 4. The number of alkyl carbamates (subject to hydrolysis) is 1. The zero-order chi connectivity index (χ0) is 18.3. The van der Waals surface area contributed by atoms with Gasteiger partial charge >= 0.3 is 12.0 Å². The van der Waals surface area contributed by atoms with Crippen LogP contribution in [-0.4, -0.2) is 29.4 Å². The molecule has 0 radical (unpaired) electrons. The number of rotatable bonds is 4. The molecule has 0 bridgehead atoms. The lowest BCUT2D eigenvalue weighted by atomic mass is 9.93. The van der Waals surface area contributed by atoms with Gasteiger partial charge in [-0.05, 0) is 40.0 Å². The molecule has 1 atom stereocenters. The second-order valence-corrected chi connectivity index (χ2v) is 7.13. The minimum absolute atomic E-state index is 0. The van der Waals surface area contributed by atoms with Gasteiger partial charge in [-0.3, -0.25) is 4.79 Å². The number of ether oxygens (including phenoxy) is 1. The highest BCUT2D eigenvalue weighted by Gasteiger charge is 2.25. The van der Waals surface area contributed by atoms with E-state index in [9.17, 15) is 9.59 Å². The molecule has 1 saturated carbocycles. The number of aromatic nitrogens is 1. The summed E-state index contributed by atoms with van der Waals surface area (Å²) in [6, 6.07) is 5.42. The zero-order valence-corrected chi connectivity index (χ0v) is 16.3. The molecule has 1 aromatic heterocycles. The molecule has 0 saturated heterocycles. The van der Waals surface area contributed by atoms with Crippen LogP contribution in [0.25, 0.3) is 0 Å². The van der Waals surface area contributed by atoms with E-state index >= 15 is 0 Å². The highest BCUT2D eigenvalue weighted by Crippen LogP contribution is 2.16. The Morgan fingerprint density at radius 1 is 1.23 bits per heavy atom. The summed E-state index contributed by atoms with van der Waals surface area (Å²) in [5.74, 6) is -0.203. The van der Waals surface area contributed by atoms with E-state index in [1.54, 1.807) is 4.57 Å². The fourth-order valence-electron chi connectivity index (χ4n) is 2.61. The number of carbonyl (C=O) groups excluding carboxylic acids is 2. The van der Waals surface area contributed by atoms with Crippen molar-refractivity contribution in [2.75, 3.05) is 0 Å². The minimum atomic E-state index is -0.544. The van der Waals surface area contributed by atoms with Crippen molar-refractivity contribution in [3.8, 4) is 0 Å². The summed E-state index contributed by atoms with van der Waals surface area (Å²) in [5.41, 5.74) is 2.82. The molecule has 0 aliphatic heterocycles. The van der Waals surface area contributed by atoms with E-state index in [1.165, 1.54) is 0 Å². The van der Waals surface area contributed by atoms with Crippen LogP contribution < -0.4 is 27.7 Å². The molecule has 0 aromatic carbocycles. The van der Waals surface area contributed by atoms with Gasteiger partial charge < -0.3 is 22.5 Å². The zero-order valence-electron chi connectivity index (χ0n) is 15.5. The van der Waals surface area contributed by atoms with Gasteiger partial charge in [0.05, 0.1) is 11.8 Å². The van der Waals surface area contributed by atoms with Crippen molar-refractivity contribution in [1.29, 1.82) is 0 Å². The SMILES string of the molecule is CC(C)(C)OC(=O)NC1CCCC/C1=N\NC(=O)C[n+]1ccccc1.[Cl-]. The molecule has 1 aliphatic rings. The number of hydrazone groups is 1. The van der Waals surface area contributed by atoms with E-state index in [0.29, 0.717) is 0 Å². The number of hydrogen-bond donors (Lipinski definition) is 2. The van der Waals surface area contributed by atoms with Gasteiger partial charge in [-0.2, -0.15) is 9.67 Å². The topological polar surface area (TPSA) is 83.7 Å². The summed E-state index contributed by atoms with van der Waals surface area (Å²) < 4.78 is 7.07. The first-order valence-corrected chi connectivity index (χ1v) is 8.62. The monoisotopic (exact) mass is 382 g/mol. The predicted octanol–water partition coefficient (Wildman–Crippen LogP) is -1.08. The molecule has 1 aromatic rings. The van der Waals surface area contributed by atoms with Crippen LogP contribution in [0.4, 0.5) is 4.79 Å². The number of nitrogens with zero attached hydrogens (tertiary/aromatic N) is 2. The Kier molecular flexibility index (Phi) is 8.51. The molecule has 1 heterocycles. The minimum Gasteiger partial charge on any atom is -1.00 e. The van der Waals surface area contributed by atoms with Gasteiger partial charge in [0.15, 0.2) is 12.4 Å². The molecule has 1 unspecified atom stereocenters. The molecule has 26 heavy (non-hydrogen) atoms. The van der Waals surface area contributed by atoms with Gasteiger partial charge in [-0.1, -0.05) is 12.5 Å². The first-order valence-electron chi connectivity index (χ1n) is 8.62. The van der Waals surface area contributed by atoms with Crippen LogP contribution in [0.5, 0.6) is 0 Å². The molecule has 7 nitrogen and oxygen atoms in total. The first kappa shape index (κ1) is 21.9. The van der Waals surface area contributed by atoms with Crippen LogP contribution in [0.1, 0.15) is 46.5 Å². The maximum atomic E-state index is 12.0. The fourth-order valence-corrected chi connectivity index (χ4v) is 2.61. The molecule has 8 heteroatoms. The molecule has 144 valence electrons. The van der Waals surface area contributed by atoms with Crippen molar-refractivity contribution < 1.29 is 31.3 Å². The Hall–Kier alpha value is -2.15. The van der Waals surface area contributed by atoms with Crippen LogP contribution >= 0.6 is 0 Å². The normalized spacial score (nSPS) is 18.6. The number of nitrogens with one attached hydrogen (secondary N) is 2. The number of pyridine rings is 1. The third kappa shape index (κ3) is 7.82. The molecule has 2 N–H and O–H groups in total. The van der Waals surface area contributed by atoms with Gasteiger partial charge in [-0.25, -0.2) is 10.2 Å². The molecule has 2 amide bonds. The van der Waals surface area contributed by atoms with Crippen molar-refractivity contribution in [2.24, 2.45) is 5.10 Å². The van der Waals surface area contributed by atoms with E-state index in [-0.39, 0.29) is 30.9 Å². The van der Waals surface area contributed by atoms with E-state index in [2.05, 4.69) is 15.8 Å². The molecule has 0 spiro atoms. The van der Waals surface area contributed by atoms with Crippen LogP contribution in [0.15, 0.2) is 35.7 Å². The van der Waals surface area contributed by atoms with Gasteiger partial charge in [-0.15, -0.1) is 0 Å². The van der Waals surface area contributed by atoms with E-state index in [1.807, 2.05) is 51.4 Å². The summed E-state index contributed by atoms with van der Waals surface area (Å²) in [4.78, 5) is 24.0. The lowest BCUT2D eigenvalue weighted by molar-refractivity contribution is -0.684. The van der Waals surface area contributed by atoms with Crippen molar-refractivity contribution in [3.63, 3.8) is 0 Å². The molecule has 1 fully saturated rings. The van der Waals surface area contributed by atoms with Crippen LogP contribution in [0.3, 0.4) is 0 Å². The van der Waals surface area contributed by atoms with E-state index in [4.69, 9.17) is 4.74 Å². The Morgan fingerprint density at radius 2 is 1.92 bits per heavy atom. The Bertz CT molecular complexity index is 629. The molecule has 2 rings (SSSR count). The predicted molar refractivity (Wildman–Crippen MR) is 93.8 cm³/mol. The van der Waals surface area contributed by atoms with Gasteiger partial charge in [0.1, 0.15) is 5.60 Å². The number of carbonyl (C=O) groups is 2. The third-order valence-corrected chi connectivity index (χ3v) is 3.70. The van der Waals surface area contributed by atoms with Crippen molar-refractivity contribution in [1.82, 2.24) is 10.7 Å². The first-order chi connectivity index (χ1) is 11.8. The smallest absolute Gasteiger partial charge is 0.408 e. The second kappa shape index (κ2) is 10.1.